The summed E-state index contributed by atoms with van der Waals surface area (Å²) in [6, 6.07) is 7.29. The average Bonchev–Trinajstić information content (AvgIpc) is 3.02. The summed E-state index contributed by atoms with van der Waals surface area (Å²) >= 11 is 0. The van der Waals surface area contributed by atoms with E-state index < -0.39 is 5.91 Å². The van der Waals surface area contributed by atoms with Crippen molar-refractivity contribution >= 4 is 23.3 Å². The number of ketones is 1. The van der Waals surface area contributed by atoms with Crippen LogP contribution in [0.5, 0.6) is 0 Å². The molecule has 2 aromatic rings. The number of H-pyrrole nitrogens is 1. The van der Waals surface area contributed by atoms with Gasteiger partial charge >= 0.3 is 0 Å². The molecule has 0 unspecified atom stereocenters. The molecule has 4 N–H and O–H groups in total. The van der Waals surface area contributed by atoms with Crippen molar-refractivity contribution in [3.05, 3.63) is 52.8 Å². The number of hydrogen-bond donors (Lipinski definition) is 4. The van der Waals surface area contributed by atoms with Crippen molar-refractivity contribution in [2.75, 3.05) is 11.9 Å². The molecule has 0 fully saturated rings. The van der Waals surface area contributed by atoms with Crippen LogP contribution in [0.2, 0.25) is 0 Å². The smallest absolute Gasteiger partial charge is 0.286 e. The minimum absolute atomic E-state index is 0.0214. The van der Waals surface area contributed by atoms with Gasteiger partial charge in [0.25, 0.3) is 11.8 Å². The third-order valence-electron chi connectivity index (χ3n) is 3.47. The molecule has 0 bridgehead atoms. The number of carbonyl (C=O) groups is 3. The topological polar surface area (TPSA) is 103 Å². The molecule has 1 heterocycles. The number of nitrogens with one attached hydrogen (secondary N) is 4. The Labute approximate surface area is 139 Å². The van der Waals surface area contributed by atoms with Gasteiger partial charge in [-0.2, -0.15) is 0 Å². The van der Waals surface area contributed by atoms with Gasteiger partial charge in [-0.15, -0.1) is 0 Å². The van der Waals surface area contributed by atoms with Crippen LogP contribution >= 0.6 is 0 Å². The maximum absolute atomic E-state index is 11.9. The Kier molecular flexibility index (Phi) is 5.36. The summed E-state index contributed by atoms with van der Waals surface area (Å²) in [6.07, 6.45) is 1.45. The Bertz CT molecular complexity index is 780. The first kappa shape index (κ1) is 17.3. The van der Waals surface area contributed by atoms with E-state index in [0.717, 1.165) is 16.8 Å². The highest BCUT2D eigenvalue weighted by Crippen LogP contribution is 2.15. The van der Waals surface area contributed by atoms with Crippen LogP contribution in [0.25, 0.3) is 0 Å². The van der Waals surface area contributed by atoms with Gasteiger partial charge in [0.1, 0.15) is 5.69 Å². The Morgan fingerprint density at radius 3 is 2.46 bits per heavy atom. The first-order valence-corrected chi connectivity index (χ1v) is 7.46. The molecule has 0 radical (unpaired) electrons. The van der Waals surface area contributed by atoms with Crippen LogP contribution in [-0.4, -0.2) is 29.1 Å². The molecule has 1 aromatic carbocycles. The van der Waals surface area contributed by atoms with Crippen molar-refractivity contribution in [3.8, 4) is 0 Å². The minimum Gasteiger partial charge on any atom is -0.376 e. The van der Waals surface area contributed by atoms with Crippen LogP contribution in [0.3, 0.4) is 0 Å². The number of anilines is 1. The van der Waals surface area contributed by atoms with Crippen LogP contribution in [0.1, 0.15) is 38.9 Å². The van der Waals surface area contributed by atoms with Crippen molar-refractivity contribution in [2.24, 2.45) is 0 Å². The predicted molar refractivity (Wildman–Crippen MR) is 90.8 cm³/mol. The molecule has 0 aliphatic rings. The molecule has 2 rings (SSSR count). The number of aryl methyl sites for hydroxylation is 2. The Hall–Kier alpha value is -3.09. The zero-order chi connectivity index (χ0) is 17.7. The highest BCUT2D eigenvalue weighted by atomic mass is 16.2. The fraction of sp³-hybridized carbons (Fsp3) is 0.235. The number of benzene rings is 1. The molecule has 0 saturated carbocycles. The fourth-order valence-corrected chi connectivity index (χ4v) is 2.15. The molecular weight excluding hydrogens is 308 g/mol. The normalized spacial score (nSPS) is 10.1. The number of amides is 2. The molecule has 0 aliphatic heterocycles. The number of aromatic amines is 1. The van der Waals surface area contributed by atoms with Gasteiger partial charge in [-0.05, 0) is 38.5 Å². The zero-order valence-corrected chi connectivity index (χ0v) is 13.8. The van der Waals surface area contributed by atoms with Crippen molar-refractivity contribution in [1.82, 2.24) is 15.8 Å². The highest BCUT2D eigenvalue weighted by molar-refractivity contribution is 5.99. The lowest BCUT2D eigenvalue weighted by molar-refractivity contribution is -0.120. The third kappa shape index (κ3) is 4.45. The quantitative estimate of drug-likeness (QED) is 0.495. The monoisotopic (exact) mass is 328 g/mol. The van der Waals surface area contributed by atoms with Gasteiger partial charge in [0.2, 0.25) is 0 Å². The molecule has 0 atom stereocenters. The maximum Gasteiger partial charge on any atom is 0.286 e. The van der Waals surface area contributed by atoms with Crippen molar-refractivity contribution in [3.63, 3.8) is 0 Å². The molecule has 0 aliphatic carbocycles. The summed E-state index contributed by atoms with van der Waals surface area (Å²) < 4.78 is 0. The zero-order valence-electron chi connectivity index (χ0n) is 13.8. The Morgan fingerprint density at radius 1 is 1.08 bits per heavy atom. The molecular formula is C17H20N4O3. The summed E-state index contributed by atoms with van der Waals surface area (Å²) in [5.74, 6) is -1.06. The number of hydrogen-bond acceptors (Lipinski definition) is 4. The number of rotatable bonds is 5. The van der Waals surface area contributed by atoms with Gasteiger partial charge in [-0.3, -0.25) is 25.2 Å². The lowest BCUT2D eigenvalue weighted by Gasteiger charge is -2.11. The fourth-order valence-electron chi connectivity index (χ4n) is 2.15. The third-order valence-corrected chi connectivity index (χ3v) is 3.47. The molecule has 126 valence electrons. The van der Waals surface area contributed by atoms with E-state index in [4.69, 9.17) is 0 Å². The number of Topliss-reactive ketones (excluding diaryl/α,β-unsaturated/α-hetero) is 1. The van der Waals surface area contributed by atoms with Crippen LogP contribution < -0.4 is 16.2 Å². The van der Waals surface area contributed by atoms with Gasteiger partial charge in [0.05, 0.1) is 6.54 Å². The largest absolute Gasteiger partial charge is 0.376 e. The van der Waals surface area contributed by atoms with E-state index >= 15 is 0 Å². The van der Waals surface area contributed by atoms with Crippen molar-refractivity contribution < 1.29 is 14.4 Å². The van der Waals surface area contributed by atoms with Gasteiger partial charge in [-0.25, -0.2) is 0 Å². The summed E-state index contributed by atoms with van der Waals surface area (Å²) in [4.78, 5) is 37.5. The van der Waals surface area contributed by atoms with Gasteiger partial charge in [-0.1, -0.05) is 17.7 Å². The van der Waals surface area contributed by atoms with E-state index in [9.17, 15) is 14.4 Å². The summed E-state index contributed by atoms with van der Waals surface area (Å²) in [6.45, 7) is 5.38. The average molecular weight is 328 g/mol. The van der Waals surface area contributed by atoms with Gasteiger partial charge < -0.3 is 10.3 Å². The van der Waals surface area contributed by atoms with Crippen LogP contribution in [0.15, 0.2) is 30.5 Å². The predicted octanol–water partition coefficient (Wildman–Crippen LogP) is 1.71. The lowest BCUT2D eigenvalue weighted by atomic mass is 10.1. The molecule has 2 amide bonds. The van der Waals surface area contributed by atoms with E-state index in [-0.39, 0.29) is 23.9 Å². The Morgan fingerprint density at radius 2 is 1.83 bits per heavy atom. The lowest BCUT2D eigenvalue weighted by Crippen LogP contribution is -2.44. The van der Waals surface area contributed by atoms with E-state index in [0.29, 0.717) is 5.56 Å². The first-order valence-electron chi connectivity index (χ1n) is 7.46. The second-order valence-electron chi connectivity index (χ2n) is 5.53. The van der Waals surface area contributed by atoms with E-state index in [1.165, 1.54) is 19.2 Å². The molecule has 0 saturated heterocycles. The Balaban J connectivity index is 1.82. The van der Waals surface area contributed by atoms with E-state index in [1.807, 2.05) is 32.0 Å². The molecule has 24 heavy (non-hydrogen) atoms. The van der Waals surface area contributed by atoms with Gasteiger partial charge in [0, 0.05) is 17.4 Å². The summed E-state index contributed by atoms with van der Waals surface area (Å²) in [5.41, 5.74) is 8.25. The molecule has 7 nitrogen and oxygen atoms in total. The van der Waals surface area contributed by atoms with Crippen LogP contribution in [0.4, 0.5) is 5.69 Å². The number of aromatic nitrogens is 1. The standard InChI is InChI=1S/C17H20N4O3/c1-10-4-5-14(11(2)6-10)19-9-16(23)20-21-17(24)15-7-13(8-18-15)12(3)22/h4-8,18-19H,9H2,1-3H3,(H,20,23)(H,21,24). The minimum atomic E-state index is -0.526. The second-order valence-corrected chi connectivity index (χ2v) is 5.53. The highest BCUT2D eigenvalue weighted by Gasteiger charge is 2.11. The molecule has 1 aromatic heterocycles. The van der Waals surface area contributed by atoms with Crippen LogP contribution in [-0.2, 0) is 4.79 Å². The maximum atomic E-state index is 11.9. The number of hydrazine groups is 1. The first-order chi connectivity index (χ1) is 11.4. The van der Waals surface area contributed by atoms with Gasteiger partial charge in [0.15, 0.2) is 5.78 Å². The second kappa shape index (κ2) is 7.45. The van der Waals surface area contributed by atoms with E-state index in [2.05, 4.69) is 21.2 Å². The molecule has 0 spiro atoms. The number of carbonyl (C=O) groups excluding carboxylic acids is 3. The van der Waals surface area contributed by atoms with Crippen molar-refractivity contribution in [1.29, 1.82) is 0 Å². The van der Waals surface area contributed by atoms with E-state index in [1.54, 1.807) is 0 Å². The summed E-state index contributed by atoms with van der Waals surface area (Å²) in [5, 5.41) is 3.01. The van der Waals surface area contributed by atoms with Crippen LogP contribution in [0, 0.1) is 13.8 Å². The summed E-state index contributed by atoms with van der Waals surface area (Å²) in [7, 11) is 0. The SMILES string of the molecule is CC(=O)c1c[nH]c(C(=O)NNC(=O)CNc2ccc(C)cc2C)c1. The molecule has 7 heteroatoms. The van der Waals surface area contributed by atoms with Crippen molar-refractivity contribution in [2.45, 2.75) is 20.8 Å².